The number of hydrogen-bond donors (Lipinski definition) is 2. The van der Waals surface area contributed by atoms with E-state index in [1.54, 1.807) is 30.7 Å². The molecule has 0 atom stereocenters. The molecule has 2 N–H and O–H groups in total. The number of pyridine rings is 2. The number of hydrogen-bond acceptors (Lipinski definition) is 2. The second-order valence-electron chi connectivity index (χ2n) is 6.46. The molecule has 0 saturated heterocycles. The number of aryl methyl sites for hydroxylation is 2. The Morgan fingerprint density at radius 1 is 0.667 bits per heavy atom. The van der Waals surface area contributed by atoms with E-state index >= 15 is 0 Å². The molecule has 4 rings (SSSR count). The topological polar surface area (TPSA) is 65.7 Å². The second-order valence-corrected chi connectivity index (χ2v) is 57.0. The Morgan fingerprint density at radius 2 is 1.08 bits per heavy atom. The van der Waals surface area contributed by atoms with Gasteiger partial charge >= 0.3 is 114 Å². The standard InChI is InChI=1S/2C7H7Br.2C5H4BrNO.5HI.2V/c2*1-6-4-2-3-5-7(6)8;6-4-3-7-2-1-5(4)8;6-4-2-1-3-7-5(4)8;;;;;;;/h2*2-5H,1H3;2*1-3H,(H,7,8);5*1H;;/q;;;;;;;;;+2;+3/p-5. The molecule has 0 unspecified atom stereocenters. The fourth-order valence-corrected chi connectivity index (χ4v) is 3.00. The first-order valence-electron chi connectivity index (χ1n) is 10.1. The van der Waals surface area contributed by atoms with Gasteiger partial charge in [-0.15, -0.1) is 0 Å². The molecule has 4 nitrogen and oxygen atoms in total. The van der Waals surface area contributed by atoms with Gasteiger partial charge in [-0.25, -0.2) is 0 Å². The molecule has 0 saturated carbocycles. The van der Waals surface area contributed by atoms with Gasteiger partial charge in [0.15, 0.2) is 5.43 Å². The maximum atomic E-state index is 10.6. The van der Waals surface area contributed by atoms with Crippen LogP contribution in [0, 0.1) is 13.8 Å². The second kappa shape index (κ2) is 29.8. The molecule has 0 aliphatic carbocycles. The predicted molar refractivity (Wildman–Crippen MR) is 217 cm³/mol. The van der Waals surface area contributed by atoms with Gasteiger partial charge in [-0.2, -0.15) is 0 Å². The first-order chi connectivity index (χ1) is 18.4. The average Bonchev–Trinajstić information content (AvgIpc) is 2.88. The third kappa shape index (κ3) is 28.3. The first kappa shape index (κ1) is 44.2. The van der Waals surface area contributed by atoms with E-state index in [4.69, 9.17) is 0 Å². The van der Waals surface area contributed by atoms with Gasteiger partial charge in [-0.1, -0.05) is 68.3 Å². The fraction of sp³-hybridized carbons (Fsp3) is 0.0833. The Kier molecular flexibility index (Phi) is 33.7. The Hall–Kier alpha value is 3.08. The van der Waals surface area contributed by atoms with Crippen molar-refractivity contribution in [3.8, 4) is 0 Å². The molecule has 0 spiro atoms. The van der Waals surface area contributed by atoms with Crippen LogP contribution in [0.15, 0.2) is 113 Å². The quantitative estimate of drug-likeness (QED) is 0.172. The summed E-state index contributed by atoms with van der Waals surface area (Å²) in [6, 6.07) is 21.2. The summed E-state index contributed by atoms with van der Waals surface area (Å²) < 4.78 is 3.50. The summed E-state index contributed by atoms with van der Waals surface area (Å²) in [6.45, 7) is 4.15. The van der Waals surface area contributed by atoms with E-state index in [2.05, 4.69) is 200 Å². The van der Waals surface area contributed by atoms with Crippen LogP contribution in [0.1, 0.15) is 11.1 Å². The van der Waals surface area contributed by atoms with Crippen LogP contribution in [-0.2, 0) is 14.4 Å². The Labute approximate surface area is 330 Å². The summed E-state index contributed by atoms with van der Waals surface area (Å²) >= 11 is 25.0. The van der Waals surface area contributed by atoms with Crippen LogP contribution in [0.2, 0.25) is 0 Å². The molecule has 0 radical (unpaired) electrons. The van der Waals surface area contributed by atoms with E-state index in [1.807, 2.05) is 36.4 Å². The molecular formula is C24H22Br4I5N2O2V2. The summed E-state index contributed by atoms with van der Waals surface area (Å²) in [5, 5.41) is 0. The van der Waals surface area contributed by atoms with Gasteiger partial charge < -0.3 is 9.97 Å². The maximum absolute atomic E-state index is 10.6. The first-order valence-corrected chi connectivity index (χ1v) is 35.8. The van der Waals surface area contributed by atoms with E-state index in [0.29, 0.717) is 18.4 Å². The zero-order valence-corrected chi connectivity index (χ0v) is 40.1. The normalized spacial score (nSPS) is 8.82. The van der Waals surface area contributed by atoms with Crippen LogP contribution in [0.25, 0.3) is 0 Å². The molecule has 0 aliphatic rings. The molecular weight excluding hydrogens is 1400 g/mol. The summed E-state index contributed by atoms with van der Waals surface area (Å²) in [6.07, 6.45) is 4.78. The molecule has 4 aromatic rings. The monoisotopic (exact) mass is 1420 g/mol. The number of halogens is 9. The van der Waals surface area contributed by atoms with Crippen molar-refractivity contribution < 1.29 is 14.4 Å². The molecule has 213 valence electrons. The van der Waals surface area contributed by atoms with Crippen molar-refractivity contribution in [2.75, 3.05) is 0 Å². The van der Waals surface area contributed by atoms with Crippen molar-refractivity contribution in [3.05, 3.63) is 135 Å². The van der Waals surface area contributed by atoms with Gasteiger partial charge in [0.1, 0.15) is 0 Å². The number of aromatic nitrogens is 2. The van der Waals surface area contributed by atoms with Gasteiger partial charge in [0.2, 0.25) is 0 Å². The molecule has 0 fully saturated rings. The van der Waals surface area contributed by atoms with Crippen molar-refractivity contribution in [3.63, 3.8) is 0 Å². The van der Waals surface area contributed by atoms with Crippen molar-refractivity contribution in [1.29, 1.82) is 0 Å². The summed E-state index contributed by atoms with van der Waals surface area (Å²) in [4.78, 5) is 26.0. The van der Waals surface area contributed by atoms with Crippen molar-refractivity contribution in [1.82, 2.24) is 9.97 Å². The van der Waals surface area contributed by atoms with Crippen LogP contribution in [0.4, 0.5) is 0 Å². The Morgan fingerprint density at radius 3 is 1.31 bits per heavy atom. The number of aromatic amines is 2. The van der Waals surface area contributed by atoms with Gasteiger partial charge in [-0.05, 0) is 81.1 Å². The third-order valence-electron chi connectivity index (χ3n) is 3.70. The minimum atomic E-state index is -0.278. The van der Waals surface area contributed by atoms with Crippen molar-refractivity contribution in [2.24, 2.45) is 0 Å². The van der Waals surface area contributed by atoms with Crippen LogP contribution < -0.4 is 11.0 Å². The van der Waals surface area contributed by atoms with Crippen LogP contribution in [0.5, 0.6) is 0 Å². The van der Waals surface area contributed by atoms with E-state index in [-0.39, 0.29) is 15.9 Å². The zero-order chi connectivity index (χ0) is 30.2. The minimum absolute atomic E-state index is 0.00347. The van der Waals surface area contributed by atoms with E-state index < -0.39 is 0 Å². The van der Waals surface area contributed by atoms with E-state index in [0.717, 1.165) is 0 Å². The fourth-order valence-electron chi connectivity index (χ4n) is 1.90. The van der Waals surface area contributed by atoms with Gasteiger partial charge in [0.05, 0.1) is 8.95 Å². The van der Waals surface area contributed by atoms with Gasteiger partial charge in [-0.3, -0.25) is 9.59 Å². The molecule has 39 heavy (non-hydrogen) atoms. The average molecular weight is 1430 g/mol. The van der Waals surface area contributed by atoms with Gasteiger partial charge in [0.25, 0.3) is 5.56 Å². The SMILES string of the molecule is Cc1ccccc1Br.Cc1ccccc1Br.O=c1[nH]cccc1Br.O=c1cc[nH]cc1Br.[I][V]([I])[I].[I][V][I]. The van der Waals surface area contributed by atoms with Crippen LogP contribution in [0.3, 0.4) is 0 Å². The third-order valence-corrected chi connectivity index (χ3v) is 6.72. The number of H-pyrrole nitrogens is 2. The van der Waals surface area contributed by atoms with Gasteiger partial charge in [0, 0.05) is 33.6 Å². The van der Waals surface area contributed by atoms with E-state index in [1.165, 1.54) is 26.1 Å². The van der Waals surface area contributed by atoms with Crippen molar-refractivity contribution in [2.45, 2.75) is 13.8 Å². The predicted octanol–water partition coefficient (Wildman–Crippen LogP) is 12.2. The van der Waals surface area contributed by atoms with E-state index in [9.17, 15) is 9.59 Å². The summed E-state index contributed by atoms with van der Waals surface area (Å²) in [5.74, 6) is 0. The van der Waals surface area contributed by atoms with Crippen molar-refractivity contribution >= 4 is 164 Å². The Bertz CT molecular complexity index is 1160. The number of rotatable bonds is 0. The molecule has 0 aliphatic heterocycles. The number of benzene rings is 2. The molecule has 0 bridgehead atoms. The molecule has 0 amide bonds. The van der Waals surface area contributed by atoms with Crippen LogP contribution in [-0.4, -0.2) is 9.97 Å². The Balaban J connectivity index is 0. The van der Waals surface area contributed by atoms with Crippen LogP contribution >= 0.6 is 164 Å². The number of nitrogens with one attached hydrogen (secondary N) is 2. The molecule has 2 aromatic carbocycles. The molecule has 2 heterocycles. The molecule has 2 aromatic heterocycles. The molecule has 15 heteroatoms. The zero-order valence-electron chi connectivity index (χ0n) is 20.2. The summed E-state index contributed by atoms with van der Waals surface area (Å²) in [7, 11) is 0.628. The summed E-state index contributed by atoms with van der Waals surface area (Å²) in [5.41, 5.74) is 2.48.